The minimum atomic E-state index is -0.228. The van der Waals surface area contributed by atoms with Crippen molar-refractivity contribution in [3.8, 4) is 0 Å². The molecule has 1 fully saturated rings. The summed E-state index contributed by atoms with van der Waals surface area (Å²) in [6.45, 7) is 6.01. The van der Waals surface area contributed by atoms with Gasteiger partial charge in [0.25, 0.3) is 0 Å². The van der Waals surface area contributed by atoms with E-state index < -0.39 is 0 Å². The van der Waals surface area contributed by atoms with Gasteiger partial charge in [0.15, 0.2) is 0 Å². The molecule has 0 saturated carbocycles. The zero-order chi connectivity index (χ0) is 14.4. The summed E-state index contributed by atoms with van der Waals surface area (Å²) in [6, 6.07) is 3.94. The van der Waals surface area contributed by atoms with Crippen LogP contribution in [0.15, 0.2) is 24.5 Å². The maximum Gasteiger partial charge on any atom is 0.227 e. The van der Waals surface area contributed by atoms with Crippen molar-refractivity contribution in [3.63, 3.8) is 0 Å². The molecular weight excluding hydrogens is 250 g/mol. The van der Waals surface area contributed by atoms with E-state index >= 15 is 0 Å². The summed E-state index contributed by atoms with van der Waals surface area (Å²) in [7, 11) is 0. The van der Waals surface area contributed by atoms with E-state index in [4.69, 9.17) is 0 Å². The maximum atomic E-state index is 12.7. The van der Waals surface area contributed by atoms with Gasteiger partial charge in [0.05, 0.1) is 11.5 Å². The van der Waals surface area contributed by atoms with Crippen molar-refractivity contribution < 1.29 is 4.79 Å². The van der Waals surface area contributed by atoms with Crippen molar-refractivity contribution in [1.29, 1.82) is 0 Å². The Bertz CT molecular complexity index is 421. The van der Waals surface area contributed by atoms with Crippen LogP contribution in [-0.4, -0.2) is 24.0 Å². The number of nitrogens with one attached hydrogen (secondary N) is 2. The van der Waals surface area contributed by atoms with Crippen LogP contribution in [0, 0.1) is 5.41 Å². The van der Waals surface area contributed by atoms with Crippen molar-refractivity contribution in [1.82, 2.24) is 15.6 Å². The first-order valence-electron chi connectivity index (χ1n) is 7.59. The largest absolute Gasteiger partial charge is 0.349 e. The molecule has 1 amide bonds. The monoisotopic (exact) mass is 275 g/mol. The number of piperidine rings is 1. The quantitative estimate of drug-likeness (QED) is 0.867. The molecule has 2 rings (SSSR count). The summed E-state index contributed by atoms with van der Waals surface area (Å²) < 4.78 is 0. The molecule has 4 nitrogen and oxygen atoms in total. The van der Waals surface area contributed by atoms with Gasteiger partial charge in [-0.1, -0.05) is 13.3 Å². The number of carbonyl (C=O) groups is 1. The highest BCUT2D eigenvalue weighted by Crippen LogP contribution is 2.32. The number of aromatic nitrogens is 1. The van der Waals surface area contributed by atoms with E-state index in [9.17, 15) is 4.79 Å². The molecule has 0 bridgehead atoms. The Hall–Kier alpha value is -1.42. The van der Waals surface area contributed by atoms with E-state index in [1.54, 1.807) is 12.4 Å². The van der Waals surface area contributed by atoms with Crippen LogP contribution in [0.5, 0.6) is 0 Å². The molecule has 2 atom stereocenters. The van der Waals surface area contributed by atoms with E-state index in [1.165, 1.54) is 0 Å². The van der Waals surface area contributed by atoms with Gasteiger partial charge in [0.1, 0.15) is 0 Å². The lowest BCUT2D eigenvalue weighted by molar-refractivity contribution is -0.133. The third kappa shape index (κ3) is 3.37. The van der Waals surface area contributed by atoms with Crippen molar-refractivity contribution in [2.75, 3.05) is 13.1 Å². The molecule has 0 radical (unpaired) electrons. The van der Waals surface area contributed by atoms with Crippen LogP contribution in [0.4, 0.5) is 0 Å². The third-order valence-corrected chi connectivity index (χ3v) is 4.24. The van der Waals surface area contributed by atoms with Crippen LogP contribution in [0.1, 0.15) is 51.1 Å². The van der Waals surface area contributed by atoms with Crippen LogP contribution >= 0.6 is 0 Å². The molecule has 0 spiro atoms. The summed E-state index contributed by atoms with van der Waals surface area (Å²) in [4.78, 5) is 16.7. The zero-order valence-corrected chi connectivity index (χ0v) is 12.5. The van der Waals surface area contributed by atoms with Gasteiger partial charge in [-0.2, -0.15) is 0 Å². The van der Waals surface area contributed by atoms with Crippen LogP contribution in [0.3, 0.4) is 0 Å². The number of nitrogens with zero attached hydrogens (tertiary/aromatic N) is 1. The highest BCUT2D eigenvalue weighted by atomic mass is 16.2. The summed E-state index contributed by atoms with van der Waals surface area (Å²) in [5, 5.41) is 6.57. The van der Waals surface area contributed by atoms with E-state index in [2.05, 4.69) is 22.5 Å². The molecule has 20 heavy (non-hydrogen) atoms. The average Bonchev–Trinajstić information content (AvgIpc) is 2.49. The normalized spacial score (nSPS) is 24.1. The van der Waals surface area contributed by atoms with Gasteiger partial charge >= 0.3 is 0 Å². The fourth-order valence-corrected chi connectivity index (χ4v) is 3.05. The predicted octanol–water partition coefficient (Wildman–Crippen LogP) is 2.43. The molecule has 0 aliphatic carbocycles. The lowest BCUT2D eigenvalue weighted by Crippen LogP contribution is -2.50. The number of hydrogen-bond donors (Lipinski definition) is 2. The minimum Gasteiger partial charge on any atom is -0.349 e. The van der Waals surface area contributed by atoms with Gasteiger partial charge in [0, 0.05) is 18.9 Å². The first-order chi connectivity index (χ1) is 9.68. The molecule has 2 N–H and O–H groups in total. The summed E-state index contributed by atoms with van der Waals surface area (Å²) in [5.41, 5.74) is 0.873. The topological polar surface area (TPSA) is 54.0 Å². The second-order valence-electron chi connectivity index (χ2n) is 5.79. The van der Waals surface area contributed by atoms with Crippen molar-refractivity contribution in [2.45, 2.75) is 45.6 Å². The molecule has 1 saturated heterocycles. The van der Waals surface area contributed by atoms with E-state index in [0.29, 0.717) is 0 Å². The molecule has 110 valence electrons. The van der Waals surface area contributed by atoms with E-state index in [0.717, 1.165) is 44.3 Å². The van der Waals surface area contributed by atoms with Crippen molar-refractivity contribution in [2.24, 2.45) is 5.41 Å². The Morgan fingerprint density at radius 2 is 2.25 bits per heavy atom. The third-order valence-electron chi connectivity index (χ3n) is 4.24. The Balaban J connectivity index is 2.05. The second kappa shape index (κ2) is 6.84. The predicted molar refractivity (Wildman–Crippen MR) is 80.2 cm³/mol. The molecule has 1 aromatic heterocycles. The first kappa shape index (κ1) is 15.0. The Morgan fingerprint density at radius 1 is 1.50 bits per heavy atom. The Labute approximate surface area is 121 Å². The fourth-order valence-electron chi connectivity index (χ4n) is 3.05. The average molecular weight is 275 g/mol. The second-order valence-corrected chi connectivity index (χ2v) is 5.79. The number of amides is 1. The molecule has 0 aromatic carbocycles. The van der Waals surface area contributed by atoms with Crippen LogP contribution in [0.25, 0.3) is 0 Å². The number of carbonyl (C=O) groups excluding carboxylic acids is 1. The molecule has 2 heterocycles. The van der Waals surface area contributed by atoms with Gasteiger partial charge < -0.3 is 10.6 Å². The summed E-state index contributed by atoms with van der Waals surface area (Å²) in [5.74, 6) is 0.191. The molecule has 2 unspecified atom stereocenters. The van der Waals surface area contributed by atoms with E-state index in [-0.39, 0.29) is 17.4 Å². The van der Waals surface area contributed by atoms with E-state index in [1.807, 2.05) is 19.1 Å². The lowest BCUT2D eigenvalue weighted by atomic mass is 9.76. The number of rotatable bonds is 5. The standard InChI is InChI=1S/C16H25N3O/c1-3-7-16(8-4-9-18-12-16)15(20)19-13(2)14-5-10-17-11-6-14/h5-6,10-11,13,18H,3-4,7-9,12H2,1-2H3,(H,19,20). The van der Waals surface area contributed by atoms with Crippen LogP contribution in [-0.2, 0) is 4.79 Å². The van der Waals surface area contributed by atoms with Crippen LogP contribution in [0.2, 0.25) is 0 Å². The highest BCUT2D eigenvalue weighted by Gasteiger charge is 2.39. The lowest BCUT2D eigenvalue weighted by Gasteiger charge is -2.37. The number of pyridine rings is 1. The minimum absolute atomic E-state index is 0.0288. The molecular formula is C16H25N3O. The van der Waals surface area contributed by atoms with Crippen LogP contribution < -0.4 is 10.6 Å². The van der Waals surface area contributed by atoms with Gasteiger partial charge in [-0.15, -0.1) is 0 Å². The zero-order valence-electron chi connectivity index (χ0n) is 12.5. The summed E-state index contributed by atoms with van der Waals surface area (Å²) >= 11 is 0. The van der Waals surface area contributed by atoms with Crippen molar-refractivity contribution >= 4 is 5.91 Å². The van der Waals surface area contributed by atoms with Gasteiger partial charge in [0.2, 0.25) is 5.91 Å². The molecule has 1 aliphatic heterocycles. The van der Waals surface area contributed by atoms with Gasteiger partial charge in [-0.25, -0.2) is 0 Å². The molecule has 1 aliphatic rings. The SMILES string of the molecule is CCCC1(C(=O)NC(C)c2ccncc2)CCCNC1. The molecule has 1 aromatic rings. The van der Waals surface area contributed by atoms with Crippen molar-refractivity contribution in [3.05, 3.63) is 30.1 Å². The van der Waals surface area contributed by atoms with Gasteiger partial charge in [-0.3, -0.25) is 9.78 Å². The maximum absolute atomic E-state index is 12.7. The Kier molecular flexibility index (Phi) is 5.12. The smallest absolute Gasteiger partial charge is 0.227 e. The summed E-state index contributed by atoms with van der Waals surface area (Å²) in [6.07, 6.45) is 7.59. The first-order valence-corrected chi connectivity index (χ1v) is 7.59. The number of hydrogen-bond acceptors (Lipinski definition) is 3. The Morgan fingerprint density at radius 3 is 2.85 bits per heavy atom. The van der Waals surface area contributed by atoms with Gasteiger partial charge in [-0.05, 0) is 50.4 Å². The fraction of sp³-hybridized carbons (Fsp3) is 0.625. The highest BCUT2D eigenvalue weighted by molar-refractivity contribution is 5.83. The molecule has 4 heteroatoms.